The molecule has 1 atom stereocenters. The molecule has 6 heteroatoms. The largest absolute Gasteiger partial charge is 0.307 e. The fraction of sp³-hybridized carbons (Fsp3) is 0.778. The summed E-state index contributed by atoms with van der Waals surface area (Å²) < 4.78 is 2.20. The fourth-order valence-electron chi connectivity index (χ4n) is 1.91. The Bertz CT molecular complexity index is 309. The van der Waals surface area contributed by atoms with Crippen LogP contribution in [-0.2, 0) is 6.54 Å². The molecule has 1 N–H and O–H groups in total. The Hall–Kier alpha value is -0.260. The monoisotopic (exact) mass is 248 g/mol. The number of hydrogen-bond donors (Lipinski definition) is 1. The summed E-state index contributed by atoms with van der Waals surface area (Å²) in [5, 5.41) is 12.9. The highest BCUT2D eigenvalue weighted by atomic mass is 35.5. The Morgan fingerprint density at radius 2 is 2.33 bits per heavy atom. The van der Waals surface area contributed by atoms with Crippen molar-refractivity contribution in [3.05, 3.63) is 5.82 Å². The Morgan fingerprint density at radius 3 is 2.87 bits per heavy atom. The van der Waals surface area contributed by atoms with Crippen LogP contribution in [0.4, 0.5) is 0 Å². The minimum Gasteiger partial charge on any atom is -0.307 e. The summed E-state index contributed by atoms with van der Waals surface area (Å²) in [6, 6.07) is 0.420. The van der Waals surface area contributed by atoms with Crippen molar-refractivity contribution in [3.63, 3.8) is 0 Å². The van der Waals surface area contributed by atoms with Gasteiger partial charge >= 0.3 is 0 Å². The van der Waals surface area contributed by atoms with E-state index < -0.39 is 0 Å². The molecule has 1 aromatic rings. The molecule has 1 aliphatic heterocycles. The Morgan fingerprint density at radius 1 is 1.53 bits per heavy atom. The number of aromatic nitrogens is 3. The minimum absolute atomic E-state index is 0. The number of nitrogens with zero attached hydrogens (tertiary/aromatic N) is 3. The predicted molar refractivity (Wildman–Crippen MR) is 64.7 cm³/mol. The van der Waals surface area contributed by atoms with Crippen LogP contribution in [0.15, 0.2) is 5.16 Å². The van der Waals surface area contributed by atoms with Gasteiger partial charge in [-0.3, -0.25) is 0 Å². The topological polar surface area (TPSA) is 42.7 Å². The van der Waals surface area contributed by atoms with Crippen LogP contribution in [0, 0.1) is 0 Å². The molecule has 1 aromatic heterocycles. The van der Waals surface area contributed by atoms with Gasteiger partial charge in [-0.1, -0.05) is 11.8 Å². The maximum absolute atomic E-state index is 4.27. The highest BCUT2D eigenvalue weighted by molar-refractivity contribution is 7.98. The average Bonchev–Trinajstić information content (AvgIpc) is 2.85. The maximum atomic E-state index is 4.27. The Kier molecular flexibility index (Phi) is 4.89. The molecule has 0 radical (unpaired) electrons. The Labute approximate surface area is 101 Å². The quantitative estimate of drug-likeness (QED) is 0.830. The van der Waals surface area contributed by atoms with Crippen LogP contribution in [-0.4, -0.2) is 27.6 Å². The first-order chi connectivity index (χ1) is 6.86. The molecule has 0 bridgehead atoms. The minimum atomic E-state index is 0. The first-order valence-corrected chi connectivity index (χ1v) is 6.29. The fourth-order valence-corrected chi connectivity index (χ4v) is 2.48. The Balaban J connectivity index is 0.00000112. The number of nitrogens with one attached hydrogen (secondary N) is 1. The van der Waals surface area contributed by atoms with Crippen LogP contribution in [0.25, 0.3) is 0 Å². The van der Waals surface area contributed by atoms with Crippen LogP contribution >= 0.6 is 24.2 Å². The highest BCUT2D eigenvalue weighted by Gasteiger charge is 2.22. The van der Waals surface area contributed by atoms with E-state index in [9.17, 15) is 0 Å². The zero-order chi connectivity index (χ0) is 9.97. The van der Waals surface area contributed by atoms with Crippen molar-refractivity contribution in [2.24, 2.45) is 0 Å². The summed E-state index contributed by atoms with van der Waals surface area (Å²) in [6.45, 7) is 4.20. The standard InChI is InChI=1S/C9H16N4S.ClH/c1-3-13-8(7-5-4-6-10-7)11-12-9(13)14-2;/h7,10H,3-6H2,1-2H3;1H. The summed E-state index contributed by atoms with van der Waals surface area (Å²) in [7, 11) is 0. The summed E-state index contributed by atoms with van der Waals surface area (Å²) in [4.78, 5) is 0. The molecule has 1 unspecified atom stereocenters. The SMILES string of the molecule is CCn1c(SC)nnc1C1CCCN1.Cl. The van der Waals surface area contributed by atoms with Crippen LogP contribution in [0.3, 0.4) is 0 Å². The molecule has 0 saturated carbocycles. The summed E-state index contributed by atoms with van der Waals surface area (Å²) in [6.07, 6.45) is 4.48. The van der Waals surface area contributed by atoms with Gasteiger partial charge in [0.25, 0.3) is 0 Å². The van der Waals surface area contributed by atoms with E-state index >= 15 is 0 Å². The summed E-state index contributed by atoms with van der Waals surface area (Å²) >= 11 is 1.66. The molecule has 0 spiro atoms. The van der Waals surface area contributed by atoms with Crippen molar-refractivity contribution >= 4 is 24.2 Å². The van der Waals surface area contributed by atoms with Crippen molar-refractivity contribution < 1.29 is 0 Å². The lowest BCUT2D eigenvalue weighted by molar-refractivity contribution is 0.542. The molecule has 1 aliphatic rings. The third kappa shape index (κ3) is 2.46. The van der Waals surface area contributed by atoms with Gasteiger partial charge in [0.15, 0.2) is 11.0 Å². The predicted octanol–water partition coefficient (Wildman–Crippen LogP) is 1.87. The molecule has 0 aliphatic carbocycles. The summed E-state index contributed by atoms with van der Waals surface area (Å²) in [5.74, 6) is 1.11. The number of thioether (sulfide) groups is 1. The first kappa shape index (κ1) is 12.8. The van der Waals surface area contributed by atoms with Gasteiger partial charge in [0.2, 0.25) is 0 Å². The molecule has 2 rings (SSSR count). The zero-order valence-corrected chi connectivity index (χ0v) is 10.7. The third-order valence-electron chi connectivity index (χ3n) is 2.62. The molecule has 15 heavy (non-hydrogen) atoms. The van der Waals surface area contributed by atoms with Crippen LogP contribution in [0.2, 0.25) is 0 Å². The lowest BCUT2D eigenvalue weighted by atomic mass is 10.2. The van der Waals surface area contributed by atoms with Gasteiger partial charge in [0.1, 0.15) is 0 Å². The van der Waals surface area contributed by atoms with Gasteiger partial charge in [0, 0.05) is 6.54 Å². The van der Waals surface area contributed by atoms with Gasteiger partial charge in [-0.05, 0) is 32.6 Å². The van der Waals surface area contributed by atoms with Crippen molar-refractivity contribution in [1.29, 1.82) is 0 Å². The van der Waals surface area contributed by atoms with Gasteiger partial charge < -0.3 is 9.88 Å². The van der Waals surface area contributed by atoms with Crippen LogP contribution in [0.5, 0.6) is 0 Å². The van der Waals surface area contributed by atoms with Crippen molar-refractivity contribution in [3.8, 4) is 0 Å². The van der Waals surface area contributed by atoms with E-state index in [-0.39, 0.29) is 12.4 Å². The van der Waals surface area contributed by atoms with E-state index in [0.29, 0.717) is 6.04 Å². The van der Waals surface area contributed by atoms with Gasteiger partial charge in [-0.25, -0.2) is 0 Å². The first-order valence-electron chi connectivity index (χ1n) is 5.07. The highest BCUT2D eigenvalue weighted by Crippen LogP contribution is 2.24. The van der Waals surface area contributed by atoms with Crippen molar-refractivity contribution in [2.75, 3.05) is 12.8 Å². The summed E-state index contributed by atoms with van der Waals surface area (Å²) in [5.41, 5.74) is 0. The van der Waals surface area contributed by atoms with E-state index in [0.717, 1.165) is 24.1 Å². The molecule has 86 valence electrons. The normalized spacial score (nSPS) is 20.3. The van der Waals surface area contributed by atoms with Crippen molar-refractivity contribution in [2.45, 2.75) is 37.5 Å². The molecular weight excluding hydrogens is 232 g/mol. The van der Waals surface area contributed by atoms with Crippen LogP contribution < -0.4 is 5.32 Å². The second kappa shape index (κ2) is 5.72. The smallest absolute Gasteiger partial charge is 0.190 e. The maximum Gasteiger partial charge on any atom is 0.190 e. The van der Waals surface area contributed by atoms with Gasteiger partial charge in [-0.2, -0.15) is 0 Å². The zero-order valence-electron chi connectivity index (χ0n) is 9.06. The van der Waals surface area contributed by atoms with Gasteiger partial charge in [0.05, 0.1) is 6.04 Å². The van der Waals surface area contributed by atoms with E-state index in [1.165, 1.54) is 12.8 Å². The molecule has 1 fully saturated rings. The molecular formula is C9H17ClN4S. The second-order valence-corrected chi connectivity index (χ2v) is 4.21. The molecule has 0 aromatic carbocycles. The van der Waals surface area contributed by atoms with E-state index in [4.69, 9.17) is 0 Å². The van der Waals surface area contributed by atoms with Crippen LogP contribution in [0.1, 0.15) is 31.6 Å². The molecule has 2 heterocycles. The molecule has 4 nitrogen and oxygen atoms in total. The van der Waals surface area contributed by atoms with Crippen molar-refractivity contribution in [1.82, 2.24) is 20.1 Å². The number of rotatable bonds is 3. The lowest BCUT2D eigenvalue weighted by Gasteiger charge is -2.11. The van der Waals surface area contributed by atoms with E-state index in [1.54, 1.807) is 11.8 Å². The average molecular weight is 249 g/mol. The van der Waals surface area contributed by atoms with E-state index in [1.807, 2.05) is 6.26 Å². The lowest BCUT2D eigenvalue weighted by Crippen LogP contribution is -2.18. The number of halogens is 1. The second-order valence-electron chi connectivity index (χ2n) is 3.44. The number of hydrogen-bond acceptors (Lipinski definition) is 4. The molecule has 1 saturated heterocycles. The van der Waals surface area contributed by atoms with E-state index in [2.05, 4.69) is 27.0 Å². The van der Waals surface area contributed by atoms with Gasteiger partial charge in [-0.15, -0.1) is 22.6 Å². The molecule has 0 amide bonds. The third-order valence-corrected chi connectivity index (χ3v) is 3.28.